The topological polar surface area (TPSA) is 76.5 Å². The van der Waals surface area contributed by atoms with Crippen LogP contribution in [0, 0.1) is 6.92 Å². The van der Waals surface area contributed by atoms with Gasteiger partial charge in [-0.3, -0.25) is 14.3 Å². The summed E-state index contributed by atoms with van der Waals surface area (Å²) in [5.74, 6) is -0.202. The van der Waals surface area contributed by atoms with Crippen LogP contribution in [0.1, 0.15) is 54.7 Å². The molecule has 0 saturated carbocycles. The van der Waals surface area contributed by atoms with Gasteiger partial charge in [0.2, 0.25) is 5.91 Å². The molecule has 24 heavy (non-hydrogen) atoms. The molecule has 1 N–H and O–H groups in total. The van der Waals surface area contributed by atoms with Gasteiger partial charge in [-0.1, -0.05) is 6.92 Å². The van der Waals surface area contributed by atoms with Crippen molar-refractivity contribution in [1.82, 2.24) is 20.0 Å². The van der Waals surface area contributed by atoms with E-state index in [1.165, 1.54) is 0 Å². The fraction of sp³-hybridized carbons (Fsp3) is 0.706. The summed E-state index contributed by atoms with van der Waals surface area (Å²) in [6.07, 6.45) is 5.16. The predicted molar refractivity (Wildman–Crippen MR) is 88.8 cm³/mol. The highest BCUT2D eigenvalue weighted by Gasteiger charge is 2.33. The van der Waals surface area contributed by atoms with Crippen LogP contribution in [0.2, 0.25) is 0 Å². The molecule has 3 rings (SSSR count). The molecule has 7 heteroatoms. The molecule has 2 aliphatic heterocycles. The Morgan fingerprint density at radius 3 is 2.88 bits per heavy atom. The fourth-order valence-corrected chi connectivity index (χ4v) is 3.49. The van der Waals surface area contributed by atoms with E-state index in [-0.39, 0.29) is 17.9 Å². The Morgan fingerprint density at radius 1 is 1.42 bits per heavy atom. The molecule has 2 saturated heterocycles. The monoisotopic (exact) mass is 334 g/mol. The van der Waals surface area contributed by atoms with Gasteiger partial charge in [-0.05, 0) is 32.6 Å². The van der Waals surface area contributed by atoms with Gasteiger partial charge in [0.25, 0.3) is 5.91 Å². The minimum Gasteiger partial charge on any atom is -0.381 e. The third-order valence-electron chi connectivity index (χ3n) is 4.88. The van der Waals surface area contributed by atoms with Gasteiger partial charge in [0, 0.05) is 38.1 Å². The highest BCUT2D eigenvalue weighted by Crippen LogP contribution is 2.23. The first-order valence-corrected chi connectivity index (χ1v) is 8.84. The number of carbonyl (C=O) groups is 2. The number of amides is 2. The van der Waals surface area contributed by atoms with E-state index in [1.54, 1.807) is 4.90 Å². The van der Waals surface area contributed by atoms with E-state index in [0.29, 0.717) is 25.2 Å². The molecule has 0 bridgehead atoms. The number of ether oxygens (including phenoxy) is 1. The van der Waals surface area contributed by atoms with E-state index in [9.17, 15) is 9.59 Å². The standard InChI is InChI=1S/C17H26N4O3/c1-3-14-16(22)18-7-4-8-20(14)17(23)15-12(2)11-21(19-15)13-5-9-24-10-6-13/h11,13-14H,3-10H2,1-2H3,(H,18,22)/t14-/m0/s1. The molecular weight excluding hydrogens is 308 g/mol. The van der Waals surface area contributed by atoms with E-state index in [4.69, 9.17) is 4.74 Å². The normalized spacial score (nSPS) is 23.0. The molecular formula is C17H26N4O3. The van der Waals surface area contributed by atoms with Crippen LogP contribution in [0.4, 0.5) is 0 Å². The number of hydrogen-bond donors (Lipinski definition) is 1. The SMILES string of the molecule is CC[C@H]1C(=O)NCCCN1C(=O)c1nn(C2CCOCC2)cc1C. The lowest BCUT2D eigenvalue weighted by molar-refractivity contribution is -0.124. The van der Waals surface area contributed by atoms with Crippen molar-refractivity contribution in [3.63, 3.8) is 0 Å². The molecule has 7 nitrogen and oxygen atoms in total. The Morgan fingerprint density at radius 2 is 2.17 bits per heavy atom. The molecule has 3 heterocycles. The Kier molecular flexibility index (Phi) is 5.18. The Balaban J connectivity index is 1.83. The van der Waals surface area contributed by atoms with Crippen molar-refractivity contribution in [3.8, 4) is 0 Å². The number of rotatable bonds is 3. The first-order valence-electron chi connectivity index (χ1n) is 8.84. The Hall–Kier alpha value is -1.89. The number of aromatic nitrogens is 2. The zero-order chi connectivity index (χ0) is 17.1. The molecule has 1 aromatic rings. The Labute approximate surface area is 142 Å². The van der Waals surface area contributed by atoms with Crippen LogP contribution >= 0.6 is 0 Å². The van der Waals surface area contributed by atoms with Crippen LogP contribution in [0.15, 0.2) is 6.20 Å². The molecule has 0 unspecified atom stereocenters. The van der Waals surface area contributed by atoms with Gasteiger partial charge in [-0.2, -0.15) is 5.10 Å². The van der Waals surface area contributed by atoms with E-state index in [2.05, 4.69) is 10.4 Å². The summed E-state index contributed by atoms with van der Waals surface area (Å²) in [6.45, 7) is 6.51. The van der Waals surface area contributed by atoms with Crippen LogP contribution < -0.4 is 5.32 Å². The average Bonchev–Trinajstić information content (AvgIpc) is 2.88. The summed E-state index contributed by atoms with van der Waals surface area (Å²) in [6, 6.07) is -0.124. The lowest BCUT2D eigenvalue weighted by Gasteiger charge is -2.27. The summed E-state index contributed by atoms with van der Waals surface area (Å²) in [4.78, 5) is 26.9. The van der Waals surface area contributed by atoms with Gasteiger partial charge in [0.15, 0.2) is 5.69 Å². The van der Waals surface area contributed by atoms with Gasteiger partial charge in [-0.15, -0.1) is 0 Å². The molecule has 1 aromatic heterocycles. The molecule has 132 valence electrons. The van der Waals surface area contributed by atoms with Gasteiger partial charge in [0.05, 0.1) is 6.04 Å². The molecule has 0 spiro atoms. The first-order chi connectivity index (χ1) is 11.6. The van der Waals surface area contributed by atoms with Crippen molar-refractivity contribution in [2.75, 3.05) is 26.3 Å². The van der Waals surface area contributed by atoms with Crippen molar-refractivity contribution in [3.05, 3.63) is 17.5 Å². The second-order valence-electron chi connectivity index (χ2n) is 6.55. The molecule has 2 amide bonds. The van der Waals surface area contributed by atoms with Crippen molar-refractivity contribution in [1.29, 1.82) is 0 Å². The van der Waals surface area contributed by atoms with Gasteiger partial charge < -0.3 is 15.0 Å². The molecule has 0 aliphatic carbocycles. The summed E-state index contributed by atoms with van der Waals surface area (Å²) in [5, 5.41) is 7.45. The largest absolute Gasteiger partial charge is 0.381 e. The lowest BCUT2D eigenvalue weighted by atomic mass is 10.1. The van der Waals surface area contributed by atoms with E-state index in [1.807, 2.05) is 24.7 Å². The van der Waals surface area contributed by atoms with Crippen molar-refractivity contribution >= 4 is 11.8 Å². The maximum absolute atomic E-state index is 13.0. The average molecular weight is 334 g/mol. The summed E-state index contributed by atoms with van der Waals surface area (Å²) in [7, 11) is 0. The van der Waals surface area contributed by atoms with Crippen LogP contribution in [0.25, 0.3) is 0 Å². The van der Waals surface area contributed by atoms with Gasteiger partial charge in [0.1, 0.15) is 6.04 Å². The zero-order valence-corrected chi connectivity index (χ0v) is 14.5. The third kappa shape index (κ3) is 3.31. The second-order valence-corrected chi connectivity index (χ2v) is 6.55. The first kappa shape index (κ1) is 17.0. The maximum Gasteiger partial charge on any atom is 0.275 e. The fourth-order valence-electron chi connectivity index (χ4n) is 3.49. The van der Waals surface area contributed by atoms with Gasteiger partial charge >= 0.3 is 0 Å². The minimum atomic E-state index is -0.410. The molecule has 2 fully saturated rings. The summed E-state index contributed by atoms with van der Waals surface area (Å²) >= 11 is 0. The number of nitrogens with one attached hydrogen (secondary N) is 1. The number of hydrogen-bond acceptors (Lipinski definition) is 4. The Bertz CT molecular complexity index is 607. The van der Waals surface area contributed by atoms with Crippen LogP contribution in [-0.2, 0) is 9.53 Å². The molecule has 1 atom stereocenters. The summed E-state index contributed by atoms with van der Waals surface area (Å²) < 4.78 is 7.30. The zero-order valence-electron chi connectivity index (χ0n) is 14.5. The molecule has 0 aromatic carbocycles. The predicted octanol–water partition coefficient (Wildman–Crippen LogP) is 1.28. The summed E-state index contributed by atoms with van der Waals surface area (Å²) in [5.41, 5.74) is 1.33. The number of carbonyl (C=O) groups excluding carboxylic acids is 2. The van der Waals surface area contributed by atoms with E-state index < -0.39 is 6.04 Å². The van der Waals surface area contributed by atoms with Crippen LogP contribution in [-0.4, -0.2) is 58.8 Å². The highest BCUT2D eigenvalue weighted by atomic mass is 16.5. The van der Waals surface area contributed by atoms with Crippen LogP contribution in [0.5, 0.6) is 0 Å². The molecule has 0 radical (unpaired) electrons. The van der Waals surface area contributed by atoms with Crippen molar-refractivity contribution in [2.24, 2.45) is 0 Å². The highest BCUT2D eigenvalue weighted by molar-refractivity contribution is 5.97. The number of nitrogens with zero attached hydrogens (tertiary/aromatic N) is 3. The van der Waals surface area contributed by atoms with Gasteiger partial charge in [-0.25, -0.2) is 0 Å². The van der Waals surface area contributed by atoms with Crippen molar-refractivity contribution < 1.29 is 14.3 Å². The third-order valence-corrected chi connectivity index (χ3v) is 4.88. The van der Waals surface area contributed by atoms with E-state index >= 15 is 0 Å². The number of aryl methyl sites for hydroxylation is 1. The lowest BCUT2D eigenvalue weighted by Crippen LogP contribution is -2.47. The van der Waals surface area contributed by atoms with Crippen molar-refractivity contribution in [2.45, 2.75) is 51.6 Å². The maximum atomic E-state index is 13.0. The smallest absolute Gasteiger partial charge is 0.275 e. The second kappa shape index (κ2) is 7.34. The quantitative estimate of drug-likeness (QED) is 0.903. The minimum absolute atomic E-state index is 0.0649. The van der Waals surface area contributed by atoms with Crippen LogP contribution in [0.3, 0.4) is 0 Å². The molecule has 2 aliphatic rings. The van der Waals surface area contributed by atoms with E-state index in [0.717, 1.165) is 38.0 Å².